The van der Waals surface area contributed by atoms with E-state index in [9.17, 15) is 4.79 Å². The fraction of sp³-hybridized carbons (Fsp3) is 0.611. The Labute approximate surface area is 125 Å². The first-order chi connectivity index (χ1) is 10.3. The highest BCUT2D eigenvalue weighted by Crippen LogP contribution is 2.68. The molecular formula is C18H22N2O. The molecule has 3 nitrogen and oxygen atoms in total. The van der Waals surface area contributed by atoms with Crippen LogP contribution in [0.15, 0.2) is 30.3 Å². The van der Waals surface area contributed by atoms with Crippen molar-refractivity contribution in [2.45, 2.75) is 44.4 Å². The lowest BCUT2D eigenvalue weighted by Gasteiger charge is -2.27. The van der Waals surface area contributed by atoms with Gasteiger partial charge < -0.3 is 4.90 Å². The van der Waals surface area contributed by atoms with Crippen LogP contribution in [0.4, 0.5) is 0 Å². The predicted octanol–water partition coefficient (Wildman–Crippen LogP) is 2.55. The van der Waals surface area contributed by atoms with Crippen molar-refractivity contribution in [3.05, 3.63) is 35.9 Å². The summed E-state index contributed by atoms with van der Waals surface area (Å²) in [7, 11) is 0. The van der Waals surface area contributed by atoms with Crippen molar-refractivity contribution in [2.75, 3.05) is 0 Å². The summed E-state index contributed by atoms with van der Waals surface area (Å²) in [5.74, 6) is 3.75. The van der Waals surface area contributed by atoms with Gasteiger partial charge in [-0.05, 0) is 55.4 Å². The Bertz CT molecular complexity index is 570. The maximum atomic E-state index is 12.7. The average Bonchev–Trinajstić information content (AvgIpc) is 2.83. The second-order valence-electron chi connectivity index (χ2n) is 7.43. The van der Waals surface area contributed by atoms with Crippen LogP contribution in [0.2, 0.25) is 0 Å². The number of rotatable bonds is 2. The maximum absolute atomic E-state index is 12.7. The summed E-state index contributed by atoms with van der Waals surface area (Å²) in [5, 5.41) is 3.51. The molecule has 1 aromatic carbocycles. The fourth-order valence-electron chi connectivity index (χ4n) is 5.60. The van der Waals surface area contributed by atoms with Crippen molar-refractivity contribution in [3.63, 3.8) is 0 Å². The van der Waals surface area contributed by atoms with Crippen molar-refractivity contribution in [1.82, 2.24) is 10.2 Å². The van der Waals surface area contributed by atoms with Crippen LogP contribution >= 0.6 is 0 Å². The normalized spacial score (nSPS) is 47.0. The van der Waals surface area contributed by atoms with E-state index in [2.05, 4.69) is 34.5 Å². The predicted molar refractivity (Wildman–Crippen MR) is 80.2 cm³/mol. The Morgan fingerprint density at radius 3 is 2.43 bits per heavy atom. The minimum absolute atomic E-state index is 0.0471. The van der Waals surface area contributed by atoms with Crippen molar-refractivity contribution in [2.24, 2.45) is 23.7 Å². The van der Waals surface area contributed by atoms with Gasteiger partial charge in [0.2, 0.25) is 5.91 Å². The van der Waals surface area contributed by atoms with Crippen molar-refractivity contribution in [3.8, 4) is 0 Å². The highest BCUT2D eigenvalue weighted by Gasteiger charge is 2.69. The third-order valence-corrected chi connectivity index (χ3v) is 6.44. The molecule has 3 aliphatic carbocycles. The summed E-state index contributed by atoms with van der Waals surface area (Å²) in [6.07, 6.45) is 4.34. The molecule has 1 N–H and O–H groups in total. The molecule has 2 bridgehead atoms. The lowest BCUT2D eigenvalue weighted by molar-refractivity contribution is -0.131. The summed E-state index contributed by atoms with van der Waals surface area (Å²) in [4.78, 5) is 14.9. The molecule has 0 radical (unpaired) electrons. The van der Waals surface area contributed by atoms with E-state index in [0.717, 1.165) is 23.7 Å². The van der Waals surface area contributed by atoms with E-state index >= 15 is 0 Å². The molecule has 0 spiro atoms. The smallest absolute Gasteiger partial charge is 0.241 e. The number of carbonyl (C=O) groups excluding carboxylic acids is 1. The van der Waals surface area contributed by atoms with Gasteiger partial charge in [-0.1, -0.05) is 30.3 Å². The van der Waals surface area contributed by atoms with E-state index in [4.69, 9.17) is 0 Å². The minimum atomic E-state index is -0.0471. The van der Waals surface area contributed by atoms with E-state index in [1.807, 2.05) is 13.0 Å². The molecule has 6 unspecified atom stereocenters. The third kappa shape index (κ3) is 1.56. The van der Waals surface area contributed by atoms with Crippen molar-refractivity contribution in [1.29, 1.82) is 0 Å². The van der Waals surface area contributed by atoms with Gasteiger partial charge in [-0.2, -0.15) is 0 Å². The topological polar surface area (TPSA) is 32.3 Å². The van der Waals surface area contributed by atoms with Crippen LogP contribution in [0, 0.1) is 23.7 Å². The van der Waals surface area contributed by atoms with Gasteiger partial charge in [-0.3, -0.25) is 10.1 Å². The second kappa shape index (κ2) is 4.10. The molecule has 1 heterocycles. The molecule has 3 saturated carbocycles. The van der Waals surface area contributed by atoms with Gasteiger partial charge >= 0.3 is 0 Å². The number of hydrogen-bond donors (Lipinski definition) is 1. The van der Waals surface area contributed by atoms with E-state index in [1.54, 1.807) is 0 Å². The van der Waals surface area contributed by atoms with Gasteiger partial charge in [-0.15, -0.1) is 0 Å². The highest BCUT2D eigenvalue weighted by atomic mass is 16.2. The fourth-order valence-corrected chi connectivity index (χ4v) is 5.60. The number of nitrogens with one attached hydrogen (secondary N) is 1. The molecule has 4 fully saturated rings. The zero-order valence-corrected chi connectivity index (χ0v) is 12.4. The zero-order valence-electron chi connectivity index (χ0n) is 12.4. The monoisotopic (exact) mass is 282 g/mol. The van der Waals surface area contributed by atoms with E-state index in [0.29, 0.717) is 11.9 Å². The number of amides is 1. The first-order valence-corrected chi connectivity index (χ1v) is 8.39. The lowest BCUT2D eigenvalue weighted by atomic mass is 10.0. The first kappa shape index (κ1) is 12.2. The van der Waals surface area contributed by atoms with Crippen LogP contribution in [0.3, 0.4) is 0 Å². The summed E-state index contributed by atoms with van der Waals surface area (Å²) in [6, 6.07) is 10.9. The molecule has 5 rings (SSSR count). The Morgan fingerprint density at radius 1 is 1.10 bits per heavy atom. The number of fused-ring (bicyclic) bond motifs is 5. The van der Waals surface area contributed by atoms with Gasteiger partial charge in [0.1, 0.15) is 6.17 Å². The molecule has 110 valence electrons. The van der Waals surface area contributed by atoms with Gasteiger partial charge in [0.25, 0.3) is 0 Å². The molecule has 21 heavy (non-hydrogen) atoms. The second-order valence-corrected chi connectivity index (χ2v) is 7.43. The molecule has 1 saturated heterocycles. The lowest BCUT2D eigenvalue weighted by Crippen LogP contribution is -2.36. The van der Waals surface area contributed by atoms with Gasteiger partial charge in [-0.25, -0.2) is 0 Å². The molecule has 0 aromatic heterocycles. The van der Waals surface area contributed by atoms with Crippen molar-refractivity contribution < 1.29 is 4.79 Å². The van der Waals surface area contributed by atoms with E-state index in [1.165, 1.54) is 24.8 Å². The number of carbonyl (C=O) groups is 1. The Balaban J connectivity index is 1.48. The quantitative estimate of drug-likeness (QED) is 0.904. The number of nitrogens with zero attached hydrogens (tertiary/aromatic N) is 1. The Morgan fingerprint density at radius 2 is 1.76 bits per heavy atom. The van der Waals surface area contributed by atoms with E-state index in [-0.39, 0.29) is 12.2 Å². The molecular weight excluding hydrogens is 260 g/mol. The van der Waals surface area contributed by atoms with Crippen LogP contribution in [0.5, 0.6) is 0 Å². The SMILES string of the molecule is CC1NC(c2ccccc2)N(C2C3C4CCC(C4)C32)C1=O. The molecule has 3 heteroatoms. The number of benzene rings is 1. The van der Waals surface area contributed by atoms with Crippen molar-refractivity contribution >= 4 is 5.91 Å². The summed E-state index contributed by atoms with van der Waals surface area (Å²) >= 11 is 0. The summed E-state index contributed by atoms with van der Waals surface area (Å²) in [5.41, 5.74) is 1.23. The third-order valence-electron chi connectivity index (χ3n) is 6.44. The molecule has 6 atom stereocenters. The first-order valence-electron chi connectivity index (χ1n) is 8.39. The van der Waals surface area contributed by atoms with Crippen LogP contribution in [0.25, 0.3) is 0 Å². The maximum Gasteiger partial charge on any atom is 0.241 e. The number of hydrogen-bond acceptors (Lipinski definition) is 2. The van der Waals surface area contributed by atoms with Gasteiger partial charge in [0.05, 0.1) is 6.04 Å². The summed E-state index contributed by atoms with van der Waals surface area (Å²) in [6.45, 7) is 2.01. The molecule has 4 aliphatic rings. The minimum Gasteiger partial charge on any atom is -0.318 e. The van der Waals surface area contributed by atoms with Crippen LogP contribution in [-0.4, -0.2) is 22.9 Å². The molecule has 1 amide bonds. The summed E-state index contributed by atoms with van der Waals surface area (Å²) < 4.78 is 0. The Hall–Kier alpha value is -1.35. The standard InChI is InChI=1S/C18H22N2O/c1-10-18(21)20(17(19-10)11-5-3-2-4-6-11)16-14-12-7-8-13(9-12)15(14)16/h2-6,10,12-17,19H,7-9H2,1H3. The van der Waals surface area contributed by atoms with Crippen LogP contribution in [0.1, 0.15) is 37.9 Å². The average molecular weight is 282 g/mol. The van der Waals surface area contributed by atoms with Crippen LogP contribution < -0.4 is 5.32 Å². The molecule has 1 aliphatic heterocycles. The Kier molecular flexibility index (Phi) is 2.38. The van der Waals surface area contributed by atoms with Gasteiger partial charge in [0.15, 0.2) is 0 Å². The van der Waals surface area contributed by atoms with E-state index < -0.39 is 0 Å². The van der Waals surface area contributed by atoms with Gasteiger partial charge in [0, 0.05) is 6.04 Å². The van der Waals surface area contributed by atoms with Crippen LogP contribution in [-0.2, 0) is 4.79 Å². The largest absolute Gasteiger partial charge is 0.318 e. The molecule has 1 aromatic rings. The zero-order chi connectivity index (χ0) is 14.1. The highest BCUT2D eigenvalue weighted by molar-refractivity contribution is 5.85.